The number of ketones is 1. The normalized spacial score (nSPS) is 11.3. The summed E-state index contributed by atoms with van der Waals surface area (Å²) in [5, 5.41) is 0. The van der Waals surface area contributed by atoms with Gasteiger partial charge in [0.25, 0.3) is 0 Å². The highest BCUT2D eigenvalue weighted by Crippen LogP contribution is 2.32. The van der Waals surface area contributed by atoms with Gasteiger partial charge in [-0.3, -0.25) is 4.79 Å². The molecule has 0 bridgehead atoms. The van der Waals surface area contributed by atoms with E-state index in [9.17, 15) is 13.6 Å². The number of carbonyl (C=O) groups is 1. The first-order chi connectivity index (χ1) is 9.05. The van der Waals surface area contributed by atoms with Gasteiger partial charge >= 0.3 is 5.92 Å². The van der Waals surface area contributed by atoms with Gasteiger partial charge in [0.15, 0.2) is 0 Å². The molecule has 0 unspecified atom stereocenters. The summed E-state index contributed by atoms with van der Waals surface area (Å²) in [6, 6.07) is 13.4. The molecule has 0 aliphatic carbocycles. The Bertz CT molecular complexity index is 564. The lowest BCUT2D eigenvalue weighted by Crippen LogP contribution is -2.26. The second-order valence-electron chi connectivity index (χ2n) is 4.00. The van der Waals surface area contributed by atoms with Gasteiger partial charge in [-0.15, -0.1) is 11.8 Å². The van der Waals surface area contributed by atoms with E-state index in [0.717, 1.165) is 4.90 Å². The van der Waals surface area contributed by atoms with Gasteiger partial charge in [-0.2, -0.15) is 8.78 Å². The topological polar surface area (TPSA) is 17.1 Å². The van der Waals surface area contributed by atoms with Crippen molar-refractivity contribution in [2.45, 2.75) is 10.8 Å². The van der Waals surface area contributed by atoms with E-state index in [1.54, 1.807) is 30.3 Å². The number of benzene rings is 2. The fraction of sp³-hybridized carbons (Fsp3) is 0.133. The van der Waals surface area contributed by atoms with E-state index in [4.69, 9.17) is 0 Å². The number of alkyl halides is 2. The second-order valence-corrected chi connectivity index (χ2v) is 4.88. The average Bonchev–Trinajstić information content (AvgIpc) is 2.47. The molecule has 0 aromatic heterocycles. The highest BCUT2D eigenvalue weighted by molar-refractivity contribution is 7.98. The van der Waals surface area contributed by atoms with Crippen molar-refractivity contribution in [2.75, 3.05) is 6.26 Å². The van der Waals surface area contributed by atoms with Crippen LogP contribution in [0.3, 0.4) is 0 Å². The zero-order chi connectivity index (χ0) is 13.9. The minimum Gasteiger partial charge on any atom is -0.287 e. The van der Waals surface area contributed by atoms with Crippen molar-refractivity contribution >= 4 is 17.5 Å². The summed E-state index contributed by atoms with van der Waals surface area (Å²) in [6.45, 7) is 0. The smallest absolute Gasteiger partial charge is 0.287 e. The zero-order valence-corrected chi connectivity index (χ0v) is 11.1. The molecule has 2 aromatic rings. The second kappa shape index (κ2) is 5.53. The molecule has 98 valence electrons. The fourth-order valence-corrected chi connectivity index (χ4v) is 2.11. The molecule has 0 saturated carbocycles. The van der Waals surface area contributed by atoms with Gasteiger partial charge in [0.1, 0.15) is 0 Å². The van der Waals surface area contributed by atoms with Crippen LogP contribution in [-0.2, 0) is 5.92 Å². The van der Waals surface area contributed by atoms with E-state index in [2.05, 4.69) is 0 Å². The standard InChI is InChI=1S/C15H12F2OS/c1-19-13-9-7-12(8-10-13)15(16,17)14(18)11-5-3-2-4-6-11/h2-10H,1H3. The summed E-state index contributed by atoms with van der Waals surface area (Å²) in [5.74, 6) is -4.68. The maximum absolute atomic E-state index is 14.1. The number of Topliss-reactive ketones (excluding diaryl/α,β-unsaturated/α-hetero) is 1. The van der Waals surface area contributed by atoms with Gasteiger partial charge in [-0.1, -0.05) is 42.5 Å². The first-order valence-corrected chi connectivity index (χ1v) is 6.90. The summed E-state index contributed by atoms with van der Waals surface area (Å²) in [5.41, 5.74) is -0.263. The third kappa shape index (κ3) is 2.84. The highest BCUT2D eigenvalue weighted by Gasteiger charge is 2.41. The lowest BCUT2D eigenvalue weighted by Gasteiger charge is -2.15. The van der Waals surface area contributed by atoms with Crippen molar-refractivity contribution in [3.63, 3.8) is 0 Å². The largest absolute Gasteiger partial charge is 0.334 e. The maximum Gasteiger partial charge on any atom is 0.334 e. The van der Waals surface area contributed by atoms with Crippen LogP contribution in [0.5, 0.6) is 0 Å². The van der Waals surface area contributed by atoms with Crippen LogP contribution in [0.2, 0.25) is 0 Å². The van der Waals surface area contributed by atoms with Gasteiger partial charge in [-0.25, -0.2) is 0 Å². The van der Waals surface area contributed by atoms with Gasteiger partial charge in [0.05, 0.1) is 0 Å². The molecule has 1 nitrogen and oxygen atoms in total. The van der Waals surface area contributed by atoms with Crippen molar-refractivity contribution in [1.82, 2.24) is 0 Å². The first-order valence-electron chi connectivity index (χ1n) is 5.68. The Morgan fingerprint density at radius 1 is 1.00 bits per heavy atom. The predicted molar refractivity (Wildman–Crippen MR) is 72.9 cm³/mol. The SMILES string of the molecule is CSc1ccc(C(F)(F)C(=O)c2ccccc2)cc1. The van der Waals surface area contributed by atoms with Crippen molar-refractivity contribution < 1.29 is 13.6 Å². The van der Waals surface area contributed by atoms with Gasteiger partial charge in [-0.05, 0) is 18.4 Å². The minimum absolute atomic E-state index is 0.0152. The Balaban J connectivity index is 2.33. The van der Waals surface area contributed by atoms with E-state index < -0.39 is 11.7 Å². The Hall–Kier alpha value is -1.68. The van der Waals surface area contributed by atoms with Crippen LogP contribution in [-0.4, -0.2) is 12.0 Å². The Morgan fingerprint density at radius 3 is 2.11 bits per heavy atom. The van der Waals surface area contributed by atoms with Crippen LogP contribution in [0.25, 0.3) is 0 Å². The molecule has 0 spiro atoms. The zero-order valence-electron chi connectivity index (χ0n) is 10.3. The highest BCUT2D eigenvalue weighted by atomic mass is 32.2. The molecule has 0 heterocycles. The Morgan fingerprint density at radius 2 is 1.58 bits per heavy atom. The molecule has 2 aromatic carbocycles. The molecule has 0 aliphatic heterocycles. The predicted octanol–water partition coefficient (Wildman–Crippen LogP) is 4.38. The fourth-order valence-electron chi connectivity index (χ4n) is 1.70. The molecule has 0 saturated heterocycles. The van der Waals surface area contributed by atoms with E-state index in [-0.39, 0.29) is 11.1 Å². The summed E-state index contributed by atoms with van der Waals surface area (Å²) >= 11 is 1.46. The summed E-state index contributed by atoms with van der Waals surface area (Å²) in [6.07, 6.45) is 1.86. The van der Waals surface area contributed by atoms with Crippen LogP contribution < -0.4 is 0 Å². The molecule has 0 N–H and O–H groups in total. The molecule has 4 heteroatoms. The van der Waals surface area contributed by atoms with E-state index in [0.29, 0.717) is 0 Å². The lowest BCUT2D eigenvalue weighted by atomic mass is 9.99. The molecule has 0 aliphatic rings. The van der Waals surface area contributed by atoms with Crippen molar-refractivity contribution in [1.29, 1.82) is 0 Å². The van der Waals surface area contributed by atoms with Crippen LogP contribution in [0.1, 0.15) is 15.9 Å². The van der Waals surface area contributed by atoms with Crippen molar-refractivity contribution in [2.24, 2.45) is 0 Å². The maximum atomic E-state index is 14.1. The van der Waals surface area contributed by atoms with Gasteiger partial charge in [0, 0.05) is 16.0 Å². The first kappa shape index (κ1) is 13.7. The number of hydrogen-bond acceptors (Lipinski definition) is 2. The van der Waals surface area contributed by atoms with E-state index in [1.807, 2.05) is 6.26 Å². The molecule has 0 amide bonds. The number of carbonyl (C=O) groups excluding carboxylic acids is 1. The minimum atomic E-state index is -3.50. The molecule has 19 heavy (non-hydrogen) atoms. The molecule has 0 fully saturated rings. The molecular weight excluding hydrogens is 266 g/mol. The number of rotatable bonds is 4. The summed E-state index contributed by atoms with van der Waals surface area (Å²) in [7, 11) is 0. The van der Waals surface area contributed by atoms with Gasteiger partial charge < -0.3 is 0 Å². The molecule has 0 atom stereocenters. The summed E-state index contributed by atoms with van der Waals surface area (Å²) in [4.78, 5) is 12.7. The molecule has 2 rings (SSSR count). The van der Waals surface area contributed by atoms with Crippen LogP contribution in [0.15, 0.2) is 59.5 Å². The average molecular weight is 278 g/mol. The van der Waals surface area contributed by atoms with Crippen molar-refractivity contribution in [3.8, 4) is 0 Å². The van der Waals surface area contributed by atoms with Crippen molar-refractivity contribution in [3.05, 3.63) is 65.7 Å². The number of hydrogen-bond donors (Lipinski definition) is 0. The van der Waals surface area contributed by atoms with E-state index in [1.165, 1.54) is 36.0 Å². The summed E-state index contributed by atoms with van der Waals surface area (Å²) < 4.78 is 28.2. The Labute approximate surface area is 114 Å². The molecule has 0 radical (unpaired) electrons. The number of thioether (sulfide) groups is 1. The lowest BCUT2D eigenvalue weighted by molar-refractivity contribution is 0.00740. The third-order valence-corrected chi connectivity index (χ3v) is 3.52. The van der Waals surface area contributed by atoms with Crippen LogP contribution in [0, 0.1) is 0 Å². The van der Waals surface area contributed by atoms with Gasteiger partial charge in [0.2, 0.25) is 5.78 Å². The third-order valence-electron chi connectivity index (χ3n) is 2.77. The van der Waals surface area contributed by atoms with E-state index >= 15 is 0 Å². The van der Waals surface area contributed by atoms with Crippen LogP contribution >= 0.6 is 11.8 Å². The Kier molecular flexibility index (Phi) is 4.00. The quantitative estimate of drug-likeness (QED) is 0.609. The number of halogens is 2. The monoisotopic (exact) mass is 278 g/mol. The van der Waals surface area contributed by atoms with Crippen LogP contribution in [0.4, 0.5) is 8.78 Å². The molecular formula is C15H12F2OS.